The minimum absolute atomic E-state index is 0.00318. The molecule has 2 aromatic rings. The minimum atomic E-state index is -0.601. The standard InChI is InChI=1S/C23H29NO4/c1-4-17(2)28-21-11-7-19(8-12-21)24-22(25)23(13-15-27-16-14-23)18-5-9-20(26-3)10-6-18/h5-12,17H,4,13-16H2,1-3H3,(H,24,25)/t17-/m0/s1. The number of rotatable bonds is 7. The zero-order valence-corrected chi connectivity index (χ0v) is 16.9. The molecule has 0 aromatic heterocycles. The van der Waals surface area contributed by atoms with Crippen molar-refractivity contribution in [2.45, 2.75) is 44.6 Å². The van der Waals surface area contributed by atoms with Crippen LogP contribution in [0.1, 0.15) is 38.7 Å². The van der Waals surface area contributed by atoms with Crippen LogP contribution in [0.2, 0.25) is 0 Å². The molecule has 1 saturated heterocycles. The smallest absolute Gasteiger partial charge is 0.235 e. The molecule has 1 N–H and O–H groups in total. The highest BCUT2D eigenvalue weighted by Crippen LogP contribution is 2.37. The summed E-state index contributed by atoms with van der Waals surface area (Å²) in [6.45, 7) is 5.27. The second kappa shape index (κ2) is 9.11. The molecule has 1 aliphatic heterocycles. The van der Waals surface area contributed by atoms with Gasteiger partial charge in [-0.1, -0.05) is 19.1 Å². The number of hydrogen-bond acceptors (Lipinski definition) is 4. The number of amides is 1. The molecular weight excluding hydrogens is 354 g/mol. The Morgan fingerprint density at radius 2 is 1.68 bits per heavy atom. The van der Waals surface area contributed by atoms with E-state index in [0.29, 0.717) is 26.1 Å². The number of benzene rings is 2. The summed E-state index contributed by atoms with van der Waals surface area (Å²) in [6.07, 6.45) is 2.42. The molecule has 1 heterocycles. The number of carbonyl (C=O) groups is 1. The number of methoxy groups -OCH3 is 1. The van der Waals surface area contributed by atoms with Crippen LogP contribution in [-0.2, 0) is 14.9 Å². The first kappa shape index (κ1) is 20.2. The van der Waals surface area contributed by atoms with Crippen molar-refractivity contribution in [2.75, 3.05) is 25.6 Å². The monoisotopic (exact) mass is 383 g/mol. The molecule has 0 saturated carbocycles. The van der Waals surface area contributed by atoms with Crippen molar-refractivity contribution in [3.63, 3.8) is 0 Å². The summed E-state index contributed by atoms with van der Waals surface area (Å²) in [7, 11) is 1.64. The van der Waals surface area contributed by atoms with Crippen molar-refractivity contribution in [2.24, 2.45) is 0 Å². The van der Waals surface area contributed by atoms with Crippen molar-refractivity contribution in [1.82, 2.24) is 0 Å². The first-order chi connectivity index (χ1) is 13.6. The Bertz CT molecular complexity index is 764. The zero-order chi connectivity index (χ0) is 20.0. The Kier molecular flexibility index (Phi) is 6.57. The van der Waals surface area contributed by atoms with E-state index in [1.165, 1.54) is 0 Å². The number of hydrogen-bond donors (Lipinski definition) is 1. The fraction of sp³-hybridized carbons (Fsp3) is 0.435. The second-order valence-corrected chi connectivity index (χ2v) is 7.24. The van der Waals surface area contributed by atoms with Crippen LogP contribution in [0.5, 0.6) is 11.5 Å². The number of anilines is 1. The van der Waals surface area contributed by atoms with E-state index in [9.17, 15) is 4.79 Å². The molecule has 0 spiro atoms. The van der Waals surface area contributed by atoms with E-state index >= 15 is 0 Å². The summed E-state index contributed by atoms with van der Waals surface area (Å²) < 4.78 is 16.6. The first-order valence-electron chi connectivity index (χ1n) is 9.88. The molecule has 1 fully saturated rings. The maximum Gasteiger partial charge on any atom is 0.235 e. The summed E-state index contributed by atoms with van der Waals surface area (Å²) >= 11 is 0. The molecule has 2 aromatic carbocycles. The van der Waals surface area contributed by atoms with Gasteiger partial charge in [-0.3, -0.25) is 4.79 Å². The van der Waals surface area contributed by atoms with Gasteiger partial charge >= 0.3 is 0 Å². The van der Waals surface area contributed by atoms with Gasteiger partial charge in [-0.15, -0.1) is 0 Å². The van der Waals surface area contributed by atoms with Crippen molar-refractivity contribution in [1.29, 1.82) is 0 Å². The van der Waals surface area contributed by atoms with Gasteiger partial charge in [0.05, 0.1) is 18.6 Å². The molecule has 0 unspecified atom stereocenters. The quantitative estimate of drug-likeness (QED) is 0.761. The molecule has 0 radical (unpaired) electrons. The average Bonchev–Trinajstić information content (AvgIpc) is 2.75. The van der Waals surface area contributed by atoms with Crippen LogP contribution in [0.3, 0.4) is 0 Å². The predicted molar refractivity (Wildman–Crippen MR) is 110 cm³/mol. The van der Waals surface area contributed by atoms with Crippen LogP contribution >= 0.6 is 0 Å². The van der Waals surface area contributed by atoms with Crippen LogP contribution in [0.4, 0.5) is 5.69 Å². The van der Waals surface area contributed by atoms with Gasteiger partial charge in [-0.2, -0.15) is 0 Å². The number of nitrogens with one attached hydrogen (secondary N) is 1. The topological polar surface area (TPSA) is 56.8 Å². The van der Waals surface area contributed by atoms with E-state index in [0.717, 1.165) is 29.2 Å². The van der Waals surface area contributed by atoms with Crippen LogP contribution in [0, 0.1) is 0 Å². The van der Waals surface area contributed by atoms with Crippen molar-refractivity contribution < 1.29 is 19.0 Å². The van der Waals surface area contributed by atoms with Gasteiger partial charge in [0, 0.05) is 18.9 Å². The summed E-state index contributed by atoms with van der Waals surface area (Å²) in [5, 5.41) is 3.09. The Balaban J connectivity index is 1.78. The van der Waals surface area contributed by atoms with Crippen LogP contribution in [0.25, 0.3) is 0 Å². The largest absolute Gasteiger partial charge is 0.497 e. The third kappa shape index (κ3) is 4.47. The van der Waals surface area contributed by atoms with Crippen molar-refractivity contribution in [3.8, 4) is 11.5 Å². The van der Waals surface area contributed by atoms with E-state index in [1.807, 2.05) is 55.5 Å². The van der Waals surface area contributed by atoms with Gasteiger partial charge in [0.1, 0.15) is 11.5 Å². The molecular formula is C23H29NO4. The van der Waals surface area contributed by atoms with E-state index in [1.54, 1.807) is 7.11 Å². The minimum Gasteiger partial charge on any atom is -0.497 e. The molecule has 0 aliphatic carbocycles. The average molecular weight is 383 g/mol. The highest BCUT2D eigenvalue weighted by molar-refractivity contribution is 5.99. The van der Waals surface area contributed by atoms with E-state index in [-0.39, 0.29) is 12.0 Å². The van der Waals surface area contributed by atoms with Crippen LogP contribution in [-0.4, -0.2) is 32.3 Å². The lowest BCUT2D eigenvalue weighted by molar-refractivity contribution is -0.125. The molecule has 0 bridgehead atoms. The van der Waals surface area contributed by atoms with Crippen molar-refractivity contribution in [3.05, 3.63) is 54.1 Å². The number of ether oxygens (including phenoxy) is 3. The van der Waals surface area contributed by atoms with Crippen LogP contribution < -0.4 is 14.8 Å². The SMILES string of the molecule is CC[C@H](C)Oc1ccc(NC(=O)C2(c3ccc(OC)cc3)CCOCC2)cc1. The lowest BCUT2D eigenvalue weighted by atomic mass is 9.73. The van der Waals surface area contributed by atoms with E-state index < -0.39 is 5.41 Å². The van der Waals surface area contributed by atoms with Gasteiger partial charge in [0.25, 0.3) is 0 Å². The Morgan fingerprint density at radius 1 is 1.07 bits per heavy atom. The summed E-state index contributed by atoms with van der Waals surface area (Å²) in [4.78, 5) is 13.3. The maximum absolute atomic E-state index is 13.3. The molecule has 1 atom stereocenters. The normalized spacial score (nSPS) is 16.8. The highest BCUT2D eigenvalue weighted by atomic mass is 16.5. The van der Waals surface area contributed by atoms with Gasteiger partial charge < -0.3 is 19.5 Å². The first-order valence-corrected chi connectivity index (χ1v) is 9.88. The lowest BCUT2D eigenvalue weighted by Gasteiger charge is -2.36. The Labute approximate surface area is 167 Å². The molecule has 1 amide bonds. The van der Waals surface area contributed by atoms with Gasteiger partial charge in [0.15, 0.2) is 0 Å². The molecule has 28 heavy (non-hydrogen) atoms. The predicted octanol–water partition coefficient (Wildman–Crippen LogP) is 4.56. The van der Waals surface area contributed by atoms with Crippen LogP contribution in [0.15, 0.2) is 48.5 Å². The maximum atomic E-state index is 13.3. The van der Waals surface area contributed by atoms with Gasteiger partial charge in [-0.25, -0.2) is 0 Å². The van der Waals surface area contributed by atoms with E-state index in [2.05, 4.69) is 12.2 Å². The van der Waals surface area contributed by atoms with E-state index in [4.69, 9.17) is 14.2 Å². The second-order valence-electron chi connectivity index (χ2n) is 7.24. The van der Waals surface area contributed by atoms with Gasteiger partial charge in [0.2, 0.25) is 5.91 Å². The molecule has 1 aliphatic rings. The summed E-state index contributed by atoms with van der Waals surface area (Å²) in [5.74, 6) is 1.59. The fourth-order valence-electron chi connectivity index (χ4n) is 3.46. The lowest BCUT2D eigenvalue weighted by Crippen LogP contribution is -2.44. The highest BCUT2D eigenvalue weighted by Gasteiger charge is 2.41. The Morgan fingerprint density at radius 3 is 2.25 bits per heavy atom. The van der Waals surface area contributed by atoms with Gasteiger partial charge in [-0.05, 0) is 68.1 Å². The molecule has 5 nitrogen and oxygen atoms in total. The Hall–Kier alpha value is -2.53. The summed E-state index contributed by atoms with van der Waals surface area (Å²) in [6, 6.07) is 15.3. The fourth-order valence-corrected chi connectivity index (χ4v) is 3.46. The number of carbonyl (C=O) groups excluding carboxylic acids is 1. The molecule has 3 rings (SSSR count). The third-order valence-electron chi connectivity index (χ3n) is 5.45. The summed E-state index contributed by atoms with van der Waals surface area (Å²) in [5.41, 5.74) is 1.16. The zero-order valence-electron chi connectivity index (χ0n) is 16.9. The van der Waals surface area contributed by atoms with Crippen molar-refractivity contribution >= 4 is 11.6 Å². The third-order valence-corrected chi connectivity index (χ3v) is 5.45. The molecule has 150 valence electrons. The molecule has 5 heteroatoms.